The van der Waals surface area contributed by atoms with E-state index in [9.17, 15) is 22.0 Å². The SMILES string of the molecule is O=C(O)Cc1cc(F)c(Nc2nc(N3C4C=C(c5ccc(Cl)cc5)CC3CC4)nc3c2S(=O)(=O)CCC3)cc1F. The van der Waals surface area contributed by atoms with Gasteiger partial charge in [-0.3, -0.25) is 4.79 Å². The Hall–Kier alpha value is -3.57. The van der Waals surface area contributed by atoms with Crippen LogP contribution in [0.5, 0.6) is 0 Å². The fraction of sp³-hybridized carbons (Fsp3) is 0.321. The molecule has 0 aliphatic carbocycles. The minimum atomic E-state index is -3.77. The van der Waals surface area contributed by atoms with Gasteiger partial charge in [0.2, 0.25) is 5.95 Å². The van der Waals surface area contributed by atoms with Crippen LogP contribution in [0.4, 0.5) is 26.2 Å². The lowest BCUT2D eigenvalue weighted by molar-refractivity contribution is -0.136. The topological polar surface area (TPSA) is 112 Å². The van der Waals surface area contributed by atoms with Crippen molar-refractivity contribution < 1.29 is 27.1 Å². The second-order valence-electron chi connectivity index (χ2n) is 10.3. The number of anilines is 3. The molecular formula is C28H25ClF2N4O4S. The van der Waals surface area contributed by atoms with Crippen LogP contribution in [0.1, 0.15) is 42.5 Å². The molecule has 4 heterocycles. The Bertz CT molecular complexity index is 1660. The molecule has 1 fully saturated rings. The highest BCUT2D eigenvalue weighted by atomic mass is 35.5. The van der Waals surface area contributed by atoms with Gasteiger partial charge in [-0.25, -0.2) is 22.2 Å². The summed E-state index contributed by atoms with van der Waals surface area (Å²) in [5, 5.41) is 12.3. The summed E-state index contributed by atoms with van der Waals surface area (Å²) in [6.07, 6.45) is 4.79. The van der Waals surface area contributed by atoms with Crippen molar-refractivity contribution in [3.8, 4) is 0 Å². The second kappa shape index (κ2) is 10.1. The average molecular weight is 587 g/mol. The third-order valence-electron chi connectivity index (χ3n) is 7.63. The van der Waals surface area contributed by atoms with E-state index >= 15 is 0 Å². The summed E-state index contributed by atoms with van der Waals surface area (Å²) in [5.41, 5.74) is 1.96. The number of carboxylic acids is 1. The number of aliphatic carboxylic acids is 1. The van der Waals surface area contributed by atoms with E-state index < -0.39 is 33.9 Å². The Labute approximate surface area is 234 Å². The summed E-state index contributed by atoms with van der Waals surface area (Å²) in [5.74, 6) is -3.03. The van der Waals surface area contributed by atoms with E-state index in [2.05, 4.69) is 26.3 Å². The first-order valence-corrected chi connectivity index (χ1v) is 15.0. The van der Waals surface area contributed by atoms with Gasteiger partial charge in [0.05, 0.1) is 29.6 Å². The fourth-order valence-corrected chi connectivity index (χ4v) is 7.59. The van der Waals surface area contributed by atoms with E-state index in [0.29, 0.717) is 29.5 Å². The first kappa shape index (κ1) is 26.6. The molecule has 3 aliphatic heterocycles. The van der Waals surface area contributed by atoms with Gasteiger partial charge in [0.1, 0.15) is 16.5 Å². The van der Waals surface area contributed by atoms with Crippen LogP contribution in [-0.2, 0) is 27.5 Å². The van der Waals surface area contributed by atoms with E-state index in [4.69, 9.17) is 16.7 Å². The Morgan fingerprint density at radius 1 is 1.12 bits per heavy atom. The van der Waals surface area contributed by atoms with Gasteiger partial charge in [-0.2, -0.15) is 4.98 Å². The highest BCUT2D eigenvalue weighted by Crippen LogP contribution is 2.42. The van der Waals surface area contributed by atoms with Crippen LogP contribution in [0, 0.1) is 11.6 Å². The predicted octanol–water partition coefficient (Wildman–Crippen LogP) is 5.32. The summed E-state index contributed by atoms with van der Waals surface area (Å²) in [6, 6.07) is 9.37. The lowest BCUT2D eigenvalue weighted by Crippen LogP contribution is -2.40. The minimum absolute atomic E-state index is 0.0139. The molecule has 208 valence electrons. The molecule has 8 nitrogen and oxygen atoms in total. The maximum atomic E-state index is 15.0. The number of rotatable bonds is 6. The summed E-state index contributed by atoms with van der Waals surface area (Å²) in [6.45, 7) is 0. The Morgan fingerprint density at radius 2 is 1.90 bits per heavy atom. The van der Waals surface area contributed by atoms with Gasteiger partial charge in [0.15, 0.2) is 15.7 Å². The van der Waals surface area contributed by atoms with Crippen LogP contribution in [0.3, 0.4) is 0 Å². The van der Waals surface area contributed by atoms with Gasteiger partial charge in [-0.05, 0) is 61.4 Å². The van der Waals surface area contributed by atoms with Gasteiger partial charge in [-0.15, -0.1) is 0 Å². The van der Waals surface area contributed by atoms with Crippen molar-refractivity contribution >= 4 is 50.4 Å². The molecule has 6 rings (SSSR count). The number of nitrogens with zero attached hydrogens (tertiary/aromatic N) is 3. The number of sulfone groups is 1. The Morgan fingerprint density at radius 3 is 2.62 bits per heavy atom. The molecule has 3 aliphatic rings. The number of benzene rings is 2. The maximum Gasteiger partial charge on any atom is 0.307 e. The van der Waals surface area contributed by atoms with Crippen molar-refractivity contribution in [3.63, 3.8) is 0 Å². The smallest absolute Gasteiger partial charge is 0.307 e. The highest BCUT2D eigenvalue weighted by molar-refractivity contribution is 7.91. The molecule has 2 atom stereocenters. The first-order chi connectivity index (χ1) is 19.1. The van der Waals surface area contributed by atoms with Crippen LogP contribution >= 0.6 is 11.6 Å². The van der Waals surface area contributed by atoms with Crippen LogP contribution in [0.25, 0.3) is 5.57 Å². The van der Waals surface area contributed by atoms with Crippen molar-refractivity contribution in [2.45, 2.75) is 55.5 Å². The quantitative estimate of drug-likeness (QED) is 0.399. The molecule has 1 aromatic heterocycles. The number of hydrogen-bond donors (Lipinski definition) is 2. The van der Waals surface area contributed by atoms with E-state index in [1.165, 1.54) is 5.57 Å². The zero-order valence-corrected chi connectivity index (χ0v) is 22.8. The molecule has 2 bridgehead atoms. The maximum absolute atomic E-state index is 15.0. The van der Waals surface area contributed by atoms with Crippen molar-refractivity contribution in [1.29, 1.82) is 0 Å². The average Bonchev–Trinajstić information content (AvgIpc) is 3.15. The molecular weight excluding hydrogens is 562 g/mol. The lowest BCUT2D eigenvalue weighted by Gasteiger charge is -2.35. The van der Waals surface area contributed by atoms with Gasteiger partial charge >= 0.3 is 5.97 Å². The summed E-state index contributed by atoms with van der Waals surface area (Å²) in [4.78, 5) is 22.2. The molecule has 2 unspecified atom stereocenters. The van der Waals surface area contributed by atoms with E-state index in [1.807, 2.05) is 24.3 Å². The number of aromatic nitrogens is 2. The number of halogens is 3. The van der Waals surface area contributed by atoms with Crippen LogP contribution in [0.2, 0.25) is 5.02 Å². The number of aryl methyl sites for hydroxylation is 1. The van der Waals surface area contributed by atoms with Gasteiger partial charge < -0.3 is 15.3 Å². The van der Waals surface area contributed by atoms with Crippen LogP contribution in [-0.4, -0.2) is 47.3 Å². The van der Waals surface area contributed by atoms with Gasteiger partial charge in [0.25, 0.3) is 0 Å². The third-order valence-corrected chi connectivity index (χ3v) is 9.76. The second-order valence-corrected chi connectivity index (χ2v) is 12.8. The Kier molecular flexibility index (Phi) is 6.74. The van der Waals surface area contributed by atoms with Crippen LogP contribution < -0.4 is 10.2 Å². The van der Waals surface area contributed by atoms with Crippen molar-refractivity contribution in [2.24, 2.45) is 0 Å². The van der Waals surface area contributed by atoms with Crippen molar-refractivity contribution in [2.75, 3.05) is 16.0 Å². The number of nitrogens with one attached hydrogen (secondary N) is 1. The molecule has 3 aromatic rings. The molecule has 2 aromatic carbocycles. The molecule has 0 saturated carbocycles. The lowest BCUT2D eigenvalue weighted by atomic mass is 9.95. The first-order valence-electron chi connectivity index (χ1n) is 12.9. The minimum Gasteiger partial charge on any atom is -0.481 e. The molecule has 0 spiro atoms. The zero-order valence-electron chi connectivity index (χ0n) is 21.2. The summed E-state index contributed by atoms with van der Waals surface area (Å²) >= 11 is 6.06. The zero-order chi connectivity index (χ0) is 28.2. The third kappa shape index (κ3) is 4.92. The van der Waals surface area contributed by atoms with Gasteiger partial charge in [0, 0.05) is 22.7 Å². The molecule has 2 N–H and O–H groups in total. The number of hydrogen-bond acceptors (Lipinski definition) is 7. The van der Waals surface area contributed by atoms with Crippen molar-refractivity contribution in [3.05, 3.63) is 76.0 Å². The van der Waals surface area contributed by atoms with Crippen molar-refractivity contribution in [1.82, 2.24) is 9.97 Å². The van der Waals surface area contributed by atoms with E-state index in [-0.39, 0.29) is 39.8 Å². The molecule has 40 heavy (non-hydrogen) atoms. The van der Waals surface area contributed by atoms with Gasteiger partial charge in [-0.1, -0.05) is 29.8 Å². The standard InChI is InChI=1S/C28H25ClF2N4O4S/c29-18-5-3-15(4-6-18)16-10-19-7-8-20(11-16)35(19)28-33-23-2-1-9-40(38,39)26(23)27(34-28)32-24-14-21(30)17(12-22(24)31)13-25(36)37/h3-6,10,12,14,19-20H,1-2,7-9,11,13H2,(H,36,37)(H,32,33,34). The monoisotopic (exact) mass is 586 g/mol. The largest absolute Gasteiger partial charge is 0.481 e. The number of fused-ring (bicyclic) bond motifs is 3. The molecule has 0 radical (unpaired) electrons. The van der Waals surface area contributed by atoms with E-state index in [1.54, 1.807) is 0 Å². The highest BCUT2D eigenvalue weighted by Gasteiger charge is 2.40. The molecule has 12 heteroatoms. The number of carboxylic acid groups (broad SMARTS) is 1. The summed E-state index contributed by atoms with van der Waals surface area (Å²) < 4.78 is 55.7. The molecule has 0 amide bonds. The fourth-order valence-electron chi connectivity index (χ4n) is 5.84. The number of carbonyl (C=O) groups is 1. The Balaban J connectivity index is 1.40. The summed E-state index contributed by atoms with van der Waals surface area (Å²) in [7, 11) is -3.77. The predicted molar refractivity (Wildman–Crippen MR) is 147 cm³/mol. The molecule has 1 saturated heterocycles. The van der Waals surface area contributed by atoms with E-state index in [0.717, 1.165) is 37.0 Å². The van der Waals surface area contributed by atoms with Crippen LogP contribution in [0.15, 0.2) is 47.4 Å². The normalized spacial score (nSPS) is 21.1.